The molecule has 2 heterocycles. The fourth-order valence-corrected chi connectivity index (χ4v) is 2.67. The smallest absolute Gasteiger partial charge is 0.208 e. The van der Waals surface area contributed by atoms with Crippen LogP contribution in [0.1, 0.15) is 56.8 Å². The fraction of sp³-hybridized carbons (Fsp3) is 0.400. The molecule has 132 valence electrons. The third-order valence-electron chi connectivity index (χ3n) is 4.35. The lowest BCUT2D eigenvalue weighted by Gasteiger charge is -2.15. The summed E-state index contributed by atoms with van der Waals surface area (Å²) in [6.45, 7) is 11.1. The highest BCUT2D eigenvalue weighted by Gasteiger charge is 2.19. The summed E-state index contributed by atoms with van der Waals surface area (Å²) < 4.78 is 7.90. The van der Waals surface area contributed by atoms with Gasteiger partial charge in [-0.1, -0.05) is 32.9 Å². The van der Waals surface area contributed by atoms with Crippen molar-refractivity contribution in [2.45, 2.75) is 52.6 Å². The van der Waals surface area contributed by atoms with Gasteiger partial charge in [0.1, 0.15) is 11.6 Å². The van der Waals surface area contributed by atoms with Crippen molar-refractivity contribution in [3.63, 3.8) is 0 Å². The molecule has 3 rings (SSSR count). The molecule has 25 heavy (non-hydrogen) atoms. The summed E-state index contributed by atoms with van der Waals surface area (Å²) in [6.07, 6.45) is 5.61. The van der Waals surface area contributed by atoms with Gasteiger partial charge in [0.2, 0.25) is 5.89 Å². The Bertz CT molecular complexity index is 824. The van der Waals surface area contributed by atoms with E-state index in [0.717, 1.165) is 23.2 Å². The maximum Gasteiger partial charge on any atom is 0.208 e. The number of nitrogens with one attached hydrogen (secondary N) is 1. The molecule has 0 amide bonds. The standard InChI is InChI=1S/C20H26N4O/c1-14(22-13-19-23-12-18(25-19)20(3,4)5)16-6-8-17(9-7-16)24-11-10-21-15(24)2/h6-12,14,22H,13H2,1-5H3/t14-/m0/s1. The maximum absolute atomic E-state index is 5.83. The summed E-state index contributed by atoms with van der Waals surface area (Å²) >= 11 is 0. The van der Waals surface area contributed by atoms with Gasteiger partial charge < -0.3 is 14.3 Å². The van der Waals surface area contributed by atoms with E-state index >= 15 is 0 Å². The number of oxazole rings is 1. The van der Waals surface area contributed by atoms with E-state index in [0.29, 0.717) is 6.54 Å². The monoisotopic (exact) mass is 338 g/mol. The average Bonchev–Trinajstić information content (AvgIpc) is 3.21. The van der Waals surface area contributed by atoms with E-state index in [1.54, 1.807) is 0 Å². The minimum Gasteiger partial charge on any atom is -0.444 e. The van der Waals surface area contributed by atoms with Crippen LogP contribution >= 0.6 is 0 Å². The number of aryl methyl sites for hydroxylation is 1. The lowest BCUT2D eigenvalue weighted by Crippen LogP contribution is -2.18. The molecule has 5 nitrogen and oxygen atoms in total. The van der Waals surface area contributed by atoms with E-state index < -0.39 is 0 Å². The SMILES string of the molecule is Cc1nccn1-c1ccc([C@H](C)NCc2ncc(C(C)(C)C)o2)cc1. The van der Waals surface area contributed by atoms with Gasteiger partial charge in [0, 0.05) is 29.5 Å². The van der Waals surface area contributed by atoms with Gasteiger partial charge in [0.25, 0.3) is 0 Å². The molecule has 0 aliphatic rings. The van der Waals surface area contributed by atoms with Gasteiger partial charge in [0.15, 0.2) is 0 Å². The summed E-state index contributed by atoms with van der Waals surface area (Å²) in [5.41, 5.74) is 2.33. The predicted molar refractivity (Wildman–Crippen MR) is 98.8 cm³/mol. The molecule has 2 aromatic heterocycles. The third kappa shape index (κ3) is 3.99. The Morgan fingerprint density at radius 2 is 1.88 bits per heavy atom. The fourth-order valence-electron chi connectivity index (χ4n) is 2.67. The van der Waals surface area contributed by atoms with E-state index in [2.05, 4.69) is 71.8 Å². The van der Waals surface area contributed by atoms with Crippen molar-refractivity contribution in [2.75, 3.05) is 0 Å². The van der Waals surface area contributed by atoms with Gasteiger partial charge in [-0.3, -0.25) is 0 Å². The molecular formula is C20H26N4O. The minimum atomic E-state index is -0.0157. The van der Waals surface area contributed by atoms with Crippen LogP contribution in [-0.4, -0.2) is 14.5 Å². The number of nitrogens with zero attached hydrogens (tertiary/aromatic N) is 3. The average molecular weight is 338 g/mol. The Kier molecular flexibility index (Phi) is 4.77. The van der Waals surface area contributed by atoms with Crippen molar-refractivity contribution in [1.82, 2.24) is 19.9 Å². The molecule has 0 radical (unpaired) electrons. The van der Waals surface area contributed by atoms with Crippen LogP contribution in [0.25, 0.3) is 5.69 Å². The Balaban J connectivity index is 1.62. The second-order valence-corrected chi connectivity index (χ2v) is 7.41. The first kappa shape index (κ1) is 17.4. The quantitative estimate of drug-likeness (QED) is 0.753. The zero-order valence-electron chi connectivity index (χ0n) is 15.6. The molecular weight excluding hydrogens is 312 g/mol. The number of hydrogen-bond acceptors (Lipinski definition) is 4. The number of imidazole rings is 1. The second-order valence-electron chi connectivity index (χ2n) is 7.41. The van der Waals surface area contributed by atoms with Crippen molar-refractivity contribution >= 4 is 0 Å². The third-order valence-corrected chi connectivity index (χ3v) is 4.35. The van der Waals surface area contributed by atoms with Crippen LogP contribution in [0.2, 0.25) is 0 Å². The molecule has 0 saturated carbocycles. The maximum atomic E-state index is 5.83. The summed E-state index contributed by atoms with van der Waals surface area (Å²) in [5.74, 6) is 2.62. The topological polar surface area (TPSA) is 55.9 Å². The lowest BCUT2D eigenvalue weighted by molar-refractivity contribution is 0.368. The Hall–Kier alpha value is -2.40. The summed E-state index contributed by atoms with van der Waals surface area (Å²) in [7, 11) is 0. The molecule has 1 atom stereocenters. The van der Waals surface area contributed by atoms with Gasteiger partial charge in [-0.05, 0) is 31.5 Å². The molecule has 0 aliphatic carbocycles. The molecule has 3 aromatic rings. The molecule has 0 bridgehead atoms. The Labute approximate surface area is 149 Å². The number of rotatable bonds is 5. The zero-order chi connectivity index (χ0) is 18.0. The molecule has 1 aromatic carbocycles. The molecule has 0 aliphatic heterocycles. The van der Waals surface area contributed by atoms with Gasteiger partial charge in [-0.25, -0.2) is 9.97 Å². The normalized spacial score (nSPS) is 13.2. The van der Waals surface area contributed by atoms with Crippen LogP contribution in [0.4, 0.5) is 0 Å². The minimum absolute atomic E-state index is 0.0157. The van der Waals surface area contributed by atoms with Crippen molar-refractivity contribution in [1.29, 1.82) is 0 Å². The van der Waals surface area contributed by atoms with Crippen molar-refractivity contribution in [2.24, 2.45) is 0 Å². The lowest BCUT2D eigenvalue weighted by atomic mass is 9.94. The van der Waals surface area contributed by atoms with Crippen LogP contribution in [0, 0.1) is 6.92 Å². The van der Waals surface area contributed by atoms with Crippen LogP contribution < -0.4 is 5.32 Å². The molecule has 0 unspecified atom stereocenters. The first-order valence-corrected chi connectivity index (χ1v) is 8.63. The van der Waals surface area contributed by atoms with Gasteiger partial charge in [0.05, 0.1) is 12.7 Å². The molecule has 0 fully saturated rings. The molecule has 5 heteroatoms. The van der Waals surface area contributed by atoms with E-state index in [9.17, 15) is 0 Å². The second kappa shape index (κ2) is 6.84. The van der Waals surface area contributed by atoms with E-state index in [4.69, 9.17) is 4.42 Å². The summed E-state index contributed by atoms with van der Waals surface area (Å²) in [5, 5.41) is 3.47. The highest BCUT2D eigenvalue weighted by atomic mass is 16.4. The van der Waals surface area contributed by atoms with Gasteiger partial charge in [-0.15, -0.1) is 0 Å². The van der Waals surface area contributed by atoms with Crippen LogP contribution in [0.15, 0.2) is 47.3 Å². The zero-order valence-corrected chi connectivity index (χ0v) is 15.6. The van der Waals surface area contributed by atoms with Crippen LogP contribution in [-0.2, 0) is 12.0 Å². The van der Waals surface area contributed by atoms with Crippen LogP contribution in [0.3, 0.4) is 0 Å². The largest absolute Gasteiger partial charge is 0.444 e. The van der Waals surface area contributed by atoms with Crippen molar-refractivity contribution < 1.29 is 4.42 Å². The van der Waals surface area contributed by atoms with Crippen molar-refractivity contribution in [3.05, 3.63) is 65.9 Å². The van der Waals surface area contributed by atoms with E-state index in [1.807, 2.05) is 25.5 Å². The van der Waals surface area contributed by atoms with E-state index in [1.165, 1.54) is 5.56 Å². The van der Waals surface area contributed by atoms with E-state index in [-0.39, 0.29) is 11.5 Å². The highest BCUT2D eigenvalue weighted by Crippen LogP contribution is 2.23. The number of aromatic nitrogens is 3. The first-order valence-electron chi connectivity index (χ1n) is 8.63. The Morgan fingerprint density at radius 1 is 1.16 bits per heavy atom. The molecule has 0 spiro atoms. The number of hydrogen-bond donors (Lipinski definition) is 1. The van der Waals surface area contributed by atoms with Crippen molar-refractivity contribution in [3.8, 4) is 5.69 Å². The Morgan fingerprint density at radius 3 is 2.44 bits per heavy atom. The number of benzene rings is 1. The van der Waals surface area contributed by atoms with Crippen LogP contribution in [0.5, 0.6) is 0 Å². The predicted octanol–water partition coefficient (Wildman–Crippen LogP) is 4.32. The highest BCUT2D eigenvalue weighted by molar-refractivity contribution is 5.36. The summed E-state index contributed by atoms with van der Waals surface area (Å²) in [6, 6.07) is 8.73. The first-order chi connectivity index (χ1) is 11.8. The van der Waals surface area contributed by atoms with Gasteiger partial charge >= 0.3 is 0 Å². The molecule has 1 N–H and O–H groups in total. The molecule has 0 saturated heterocycles. The summed E-state index contributed by atoms with van der Waals surface area (Å²) in [4.78, 5) is 8.63. The van der Waals surface area contributed by atoms with Gasteiger partial charge in [-0.2, -0.15) is 0 Å².